The highest BCUT2D eigenvalue weighted by atomic mass is 32.2. The lowest BCUT2D eigenvalue weighted by Gasteiger charge is -2.16. The van der Waals surface area contributed by atoms with E-state index in [-0.39, 0.29) is 0 Å². The predicted octanol–water partition coefficient (Wildman–Crippen LogP) is 2.93. The Morgan fingerprint density at radius 1 is 1.40 bits per heavy atom. The van der Waals surface area contributed by atoms with Crippen molar-refractivity contribution in [3.05, 3.63) is 6.33 Å². The molecule has 1 aromatic rings. The van der Waals surface area contributed by atoms with Gasteiger partial charge >= 0.3 is 0 Å². The fourth-order valence-electron chi connectivity index (χ4n) is 2.46. The number of ether oxygens (including phenoxy) is 1. The summed E-state index contributed by atoms with van der Waals surface area (Å²) >= 11 is 2.04. The molecule has 0 amide bonds. The van der Waals surface area contributed by atoms with Crippen molar-refractivity contribution in [3.8, 4) is 5.88 Å². The van der Waals surface area contributed by atoms with Crippen LogP contribution in [0.15, 0.2) is 6.33 Å². The van der Waals surface area contributed by atoms with Crippen LogP contribution >= 0.6 is 11.8 Å². The predicted molar refractivity (Wildman–Crippen MR) is 85.4 cm³/mol. The molecule has 1 aromatic heterocycles. The number of nitrogens with zero attached hydrogens (tertiary/aromatic N) is 2. The smallest absolute Gasteiger partial charge is 0.242 e. The molecule has 2 unspecified atom stereocenters. The molecule has 2 atom stereocenters. The summed E-state index contributed by atoms with van der Waals surface area (Å²) in [6.07, 6.45) is 6.06. The molecule has 112 valence electrons. The number of nitrogens with two attached hydrogens (primary N) is 1. The summed E-state index contributed by atoms with van der Waals surface area (Å²) in [6.45, 7) is 4.89. The van der Waals surface area contributed by atoms with Gasteiger partial charge in [0.1, 0.15) is 12.0 Å². The Hall–Kier alpha value is -1.17. The molecule has 0 radical (unpaired) electrons. The Labute approximate surface area is 125 Å². The van der Waals surface area contributed by atoms with E-state index in [0.29, 0.717) is 30.0 Å². The fourth-order valence-corrected chi connectivity index (χ4v) is 3.60. The second-order valence-electron chi connectivity index (χ2n) is 5.02. The third kappa shape index (κ3) is 3.91. The number of hydrogen-bond donors (Lipinski definition) is 2. The first-order chi connectivity index (χ1) is 9.74. The van der Waals surface area contributed by atoms with Gasteiger partial charge < -0.3 is 15.8 Å². The zero-order chi connectivity index (χ0) is 14.4. The second kappa shape index (κ2) is 7.57. The number of thioether (sulfide) groups is 1. The lowest BCUT2D eigenvalue weighted by molar-refractivity contribution is 0.306. The van der Waals surface area contributed by atoms with Gasteiger partial charge in [0.2, 0.25) is 5.88 Å². The van der Waals surface area contributed by atoms with Crippen molar-refractivity contribution in [2.45, 2.75) is 50.8 Å². The Bertz CT molecular complexity index is 430. The molecule has 1 fully saturated rings. The second-order valence-corrected chi connectivity index (χ2v) is 6.60. The first-order valence-electron chi connectivity index (χ1n) is 7.36. The van der Waals surface area contributed by atoms with E-state index in [2.05, 4.69) is 29.1 Å². The number of nitrogen functional groups attached to an aromatic ring is 1. The molecule has 0 saturated heterocycles. The maximum Gasteiger partial charge on any atom is 0.242 e. The van der Waals surface area contributed by atoms with Gasteiger partial charge in [0, 0.05) is 11.3 Å². The summed E-state index contributed by atoms with van der Waals surface area (Å²) in [4.78, 5) is 8.34. The van der Waals surface area contributed by atoms with Crippen LogP contribution in [0.1, 0.15) is 39.5 Å². The third-order valence-corrected chi connectivity index (χ3v) is 4.65. The number of rotatable bonds is 7. The van der Waals surface area contributed by atoms with Crippen molar-refractivity contribution < 1.29 is 4.74 Å². The zero-order valence-electron chi connectivity index (χ0n) is 12.3. The minimum absolute atomic E-state index is 0.454. The van der Waals surface area contributed by atoms with Gasteiger partial charge in [0.05, 0.1) is 6.61 Å². The first kappa shape index (κ1) is 15.2. The van der Waals surface area contributed by atoms with Crippen molar-refractivity contribution >= 4 is 23.3 Å². The molecule has 1 heterocycles. The largest absolute Gasteiger partial charge is 0.476 e. The molecule has 1 aliphatic rings. The molecule has 20 heavy (non-hydrogen) atoms. The molecule has 2 rings (SSSR count). The highest BCUT2D eigenvalue weighted by Gasteiger charge is 2.25. The van der Waals surface area contributed by atoms with E-state index in [1.165, 1.54) is 31.3 Å². The molecule has 1 saturated carbocycles. The minimum Gasteiger partial charge on any atom is -0.476 e. The maximum atomic E-state index is 6.08. The maximum absolute atomic E-state index is 6.08. The van der Waals surface area contributed by atoms with Gasteiger partial charge in [-0.05, 0) is 31.4 Å². The molecular weight excluding hydrogens is 272 g/mol. The highest BCUT2D eigenvalue weighted by Crippen LogP contribution is 2.33. The fraction of sp³-hybridized carbons (Fsp3) is 0.714. The van der Waals surface area contributed by atoms with E-state index in [1.807, 2.05) is 11.8 Å². The van der Waals surface area contributed by atoms with Crippen LogP contribution in [0.2, 0.25) is 0 Å². The number of nitrogens with one attached hydrogen (secondary N) is 1. The Morgan fingerprint density at radius 3 is 3.00 bits per heavy atom. The van der Waals surface area contributed by atoms with Crippen LogP contribution in [-0.4, -0.2) is 33.6 Å². The van der Waals surface area contributed by atoms with Crippen LogP contribution in [0.4, 0.5) is 11.5 Å². The molecule has 3 N–H and O–H groups in total. The third-order valence-electron chi connectivity index (χ3n) is 3.42. The lowest BCUT2D eigenvalue weighted by Crippen LogP contribution is -2.18. The van der Waals surface area contributed by atoms with Gasteiger partial charge in [-0.15, -0.1) is 0 Å². The van der Waals surface area contributed by atoms with Crippen molar-refractivity contribution in [2.24, 2.45) is 0 Å². The summed E-state index contributed by atoms with van der Waals surface area (Å²) in [5, 5.41) is 4.21. The van der Waals surface area contributed by atoms with Crippen molar-refractivity contribution in [1.82, 2.24) is 9.97 Å². The van der Waals surface area contributed by atoms with E-state index in [1.54, 1.807) is 0 Å². The molecule has 0 spiro atoms. The zero-order valence-corrected chi connectivity index (χ0v) is 13.1. The van der Waals surface area contributed by atoms with Crippen LogP contribution in [-0.2, 0) is 0 Å². The van der Waals surface area contributed by atoms with Gasteiger partial charge in [-0.2, -0.15) is 16.7 Å². The van der Waals surface area contributed by atoms with Crippen LogP contribution in [0.25, 0.3) is 0 Å². The van der Waals surface area contributed by atoms with Gasteiger partial charge in [-0.1, -0.05) is 13.8 Å². The molecule has 6 heteroatoms. The standard InChI is InChI=1S/C14H24N4OS/c1-3-7-19-14-12(15)13(16-9-17-14)18-10-5-6-11(8-10)20-4-2/h9-11H,3-8,15H2,1-2H3,(H,16,17,18). The van der Waals surface area contributed by atoms with E-state index < -0.39 is 0 Å². The van der Waals surface area contributed by atoms with Crippen molar-refractivity contribution in [3.63, 3.8) is 0 Å². The van der Waals surface area contributed by atoms with Crippen LogP contribution in [0, 0.1) is 0 Å². The van der Waals surface area contributed by atoms with Crippen LogP contribution in [0.5, 0.6) is 5.88 Å². The molecule has 0 aromatic carbocycles. The molecule has 0 bridgehead atoms. The molecular formula is C14H24N4OS. The SMILES string of the molecule is CCCOc1ncnc(NC2CCC(SCC)C2)c1N. The summed E-state index contributed by atoms with van der Waals surface area (Å²) < 4.78 is 5.53. The average molecular weight is 296 g/mol. The monoisotopic (exact) mass is 296 g/mol. The van der Waals surface area contributed by atoms with Gasteiger partial charge in [0.15, 0.2) is 5.82 Å². The summed E-state index contributed by atoms with van der Waals surface area (Å²) in [7, 11) is 0. The van der Waals surface area contributed by atoms with Gasteiger partial charge in [-0.3, -0.25) is 0 Å². The normalized spacial score (nSPS) is 21.9. The summed E-state index contributed by atoms with van der Waals surface area (Å²) in [5.41, 5.74) is 6.60. The Kier molecular flexibility index (Phi) is 5.76. The Morgan fingerprint density at radius 2 is 2.25 bits per heavy atom. The minimum atomic E-state index is 0.454. The quantitative estimate of drug-likeness (QED) is 0.806. The van der Waals surface area contributed by atoms with Gasteiger partial charge in [0.25, 0.3) is 0 Å². The summed E-state index contributed by atoms with van der Waals surface area (Å²) in [6, 6.07) is 0.454. The topological polar surface area (TPSA) is 73.1 Å². The molecule has 1 aliphatic carbocycles. The van der Waals surface area contributed by atoms with E-state index in [9.17, 15) is 0 Å². The molecule has 5 nitrogen and oxygen atoms in total. The summed E-state index contributed by atoms with van der Waals surface area (Å²) in [5.74, 6) is 2.38. The van der Waals surface area contributed by atoms with Crippen LogP contribution < -0.4 is 15.8 Å². The van der Waals surface area contributed by atoms with Crippen molar-refractivity contribution in [1.29, 1.82) is 0 Å². The highest BCUT2D eigenvalue weighted by molar-refractivity contribution is 7.99. The number of hydrogen-bond acceptors (Lipinski definition) is 6. The lowest BCUT2D eigenvalue weighted by atomic mass is 10.2. The van der Waals surface area contributed by atoms with E-state index in [0.717, 1.165) is 11.7 Å². The molecule has 0 aliphatic heterocycles. The number of aromatic nitrogens is 2. The first-order valence-corrected chi connectivity index (χ1v) is 8.40. The van der Waals surface area contributed by atoms with E-state index >= 15 is 0 Å². The van der Waals surface area contributed by atoms with Gasteiger partial charge in [-0.25, -0.2) is 4.98 Å². The van der Waals surface area contributed by atoms with Crippen LogP contribution in [0.3, 0.4) is 0 Å². The Balaban J connectivity index is 1.96. The van der Waals surface area contributed by atoms with E-state index in [4.69, 9.17) is 10.5 Å². The number of anilines is 2. The van der Waals surface area contributed by atoms with Crippen molar-refractivity contribution in [2.75, 3.05) is 23.4 Å². The average Bonchev–Trinajstić information content (AvgIpc) is 2.88.